The Morgan fingerprint density at radius 2 is 1.87 bits per heavy atom. The summed E-state index contributed by atoms with van der Waals surface area (Å²) >= 11 is 11.9. The minimum absolute atomic E-state index is 0.0234. The minimum Gasteiger partial charge on any atom is -0.406 e. The molecular weight excluding hydrogens is 356 g/mol. The number of hydrogen-bond acceptors (Lipinski definition) is 4. The van der Waals surface area contributed by atoms with Crippen LogP contribution in [0.4, 0.5) is 19.0 Å². The molecule has 2 aromatic rings. The number of rotatable bonds is 2. The molecule has 10 heteroatoms. The average Bonchev–Trinajstić information content (AvgIpc) is 2.72. The highest BCUT2D eigenvalue weighted by Crippen LogP contribution is 2.36. The molecule has 0 saturated heterocycles. The summed E-state index contributed by atoms with van der Waals surface area (Å²) in [6, 6.07) is 3.52. The molecule has 0 radical (unpaired) electrons. The highest BCUT2D eigenvalue weighted by atomic mass is 35.5. The summed E-state index contributed by atoms with van der Waals surface area (Å²) in [5.41, 5.74) is 5.63. The zero-order valence-corrected chi connectivity index (χ0v) is 12.5. The van der Waals surface area contributed by atoms with Crippen LogP contribution < -0.4 is 10.5 Å². The van der Waals surface area contributed by atoms with Crippen LogP contribution in [0.25, 0.3) is 5.69 Å². The van der Waals surface area contributed by atoms with Crippen molar-refractivity contribution in [2.24, 2.45) is 0 Å². The van der Waals surface area contributed by atoms with Gasteiger partial charge in [0.15, 0.2) is 5.69 Å². The van der Waals surface area contributed by atoms with Crippen molar-refractivity contribution in [1.82, 2.24) is 9.78 Å². The largest absolute Gasteiger partial charge is 0.573 e. The maximum absolute atomic E-state index is 12.2. The standard InChI is InChI=1S/C13H5Cl2F3N4O/c1-2-7-10(5-19)21-22(12(7)20)11-8(14)3-6(4-9(11)15)23-13(16,17)18/h1,3-4H,20H2. The predicted molar refractivity (Wildman–Crippen MR) is 77.3 cm³/mol. The number of terminal acetylenes is 1. The molecule has 0 spiro atoms. The van der Waals surface area contributed by atoms with Crippen LogP contribution in [0.3, 0.4) is 0 Å². The molecule has 2 N–H and O–H groups in total. The maximum Gasteiger partial charge on any atom is 0.573 e. The third-order valence-electron chi connectivity index (χ3n) is 2.61. The van der Waals surface area contributed by atoms with Crippen LogP contribution in [-0.4, -0.2) is 16.1 Å². The summed E-state index contributed by atoms with van der Waals surface area (Å²) in [5, 5.41) is 12.4. The number of nitriles is 1. The van der Waals surface area contributed by atoms with E-state index >= 15 is 0 Å². The first-order chi connectivity index (χ1) is 10.7. The fourth-order valence-electron chi connectivity index (χ4n) is 1.76. The van der Waals surface area contributed by atoms with Crippen molar-refractivity contribution in [3.05, 3.63) is 33.4 Å². The van der Waals surface area contributed by atoms with Crippen molar-refractivity contribution in [3.63, 3.8) is 0 Å². The first-order valence-electron chi connectivity index (χ1n) is 5.68. The van der Waals surface area contributed by atoms with Crippen LogP contribution in [0.5, 0.6) is 5.75 Å². The molecule has 23 heavy (non-hydrogen) atoms. The Labute approximate surface area is 138 Å². The van der Waals surface area contributed by atoms with Gasteiger partial charge in [-0.2, -0.15) is 10.4 Å². The number of hydrogen-bond donors (Lipinski definition) is 1. The summed E-state index contributed by atoms with van der Waals surface area (Å²) in [5.74, 6) is 1.48. The molecule has 0 amide bonds. The summed E-state index contributed by atoms with van der Waals surface area (Å²) < 4.78 is 41.4. The minimum atomic E-state index is -4.90. The van der Waals surface area contributed by atoms with Gasteiger partial charge in [0.25, 0.3) is 0 Å². The number of nitrogens with two attached hydrogens (primary N) is 1. The molecule has 0 fully saturated rings. The van der Waals surface area contributed by atoms with E-state index in [1.54, 1.807) is 6.07 Å². The molecule has 0 atom stereocenters. The topological polar surface area (TPSA) is 76.9 Å². The lowest BCUT2D eigenvalue weighted by Crippen LogP contribution is -2.17. The third-order valence-corrected chi connectivity index (χ3v) is 3.18. The molecule has 0 aliphatic rings. The summed E-state index contributed by atoms with van der Waals surface area (Å²) in [6.45, 7) is 0. The molecule has 2 rings (SSSR count). The smallest absolute Gasteiger partial charge is 0.406 e. The molecule has 1 aromatic carbocycles. The van der Waals surface area contributed by atoms with Gasteiger partial charge >= 0.3 is 6.36 Å². The fourth-order valence-corrected chi connectivity index (χ4v) is 2.39. The number of benzene rings is 1. The van der Waals surface area contributed by atoms with Crippen LogP contribution in [0, 0.1) is 23.7 Å². The van der Waals surface area contributed by atoms with Crippen molar-refractivity contribution >= 4 is 29.0 Å². The Morgan fingerprint density at radius 1 is 1.30 bits per heavy atom. The second-order valence-corrected chi connectivity index (χ2v) is 4.87. The summed E-state index contributed by atoms with van der Waals surface area (Å²) in [4.78, 5) is 0. The highest BCUT2D eigenvalue weighted by Gasteiger charge is 2.32. The quantitative estimate of drug-likeness (QED) is 0.831. The van der Waals surface area contributed by atoms with Crippen molar-refractivity contribution in [2.45, 2.75) is 6.36 Å². The van der Waals surface area contributed by atoms with E-state index in [2.05, 4.69) is 15.8 Å². The van der Waals surface area contributed by atoms with Crippen LogP contribution in [-0.2, 0) is 0 Å². The average molecular weight is 361 g/mol. The monoisotopic (exact) mass is 360 g/mol. The second-order valence-electron chi connectivity index (χ2n) is 4.06. The van der Waals surface area contributed by atoms with Gasteiger partial charge in [0, 0.05) is 12.1 Å². The molecule has 1 heterocycles. The lowest BCUT2D eigenvalue weighted by atomic mass is 10.2. The van der Waals surface area contributed by atoms with Gasteiger partial charge in [-0.25, -0.2) is 4.68 Å². The molecular formula is C13H5Cl2F3N4O. The number of nitrogen functional groups attached to an aromatic ring is 1. The van der Waals surface area contributed by atoms with Crippen molar-refractivity contribution < 1.29 is 17.9 Å². The Hall–Kier alpha value is -2.55. The van der Waals surface area contributed by atoms with Gasteiger partial charge in [0.05, 0.1) is 10.0 Å². The number of halogens is 5. The van der Waals surface area contributed by atoms with E-state index in [0.717, 1.165) is 16.8 Å². The second kappa shape index (κ2) is 5.92. The van der Waals surface area contributed by atoms with Crippen LogP contribution in [0.2, 0.25) is 10.0 Å². The van der Waals surface area contributed by atoms with Crippen LogP contribution in [0.15, 0.2) is 12.1 Å². The van der Waals surface area contributed by atoms with Crippen LogP contribution in [0.1, 0.15) is 11.3 Å². The summed E-state index contributed by atoms with van der Waals surface area (Å²) in [7, 11) is 0. The maximum atomic E-state index is 12.2. The van der Waals surface area contributed by atoms with Gasteiger partial charge in [0.2, 0.25) is 0 Å². The molecule has 118 valence electrons. The van der Waals surface area contributed by atoms with E-state index in [1.807, 2.05) is 0 Å². The van der Waals surface area contributed by atoms with E-state index in [9.17, 15) is 13.2 Å². The Kier molecular flexibility index (Phi) is 4.33. The van der Waals surface area contributed by atoms with Crippen molar-refractivity contribution in [2.75, 3.05) is 5.73 Å². The number of anilines is 1. The Morgan fingerprint density at radius 3 is 2.26 bits per heavy atom. The number of aromatic nitrogens is 2. The Balaban J connectivity index is 2.61. The van der Waals surface area contributed by atoms with E-state index in [0.29, 0.717) is 0 Å². The molecule has 0 bridgehead atoms. The number of ether oxygens (including phenoxy) is 1. The Bertz CT molecular complexity index is 839. The van der Waals surface area contributed by atoms with Gasteiger partial charge in [0.1, 0.15) is 28.9 Å². The molecule has 1 aromatic heterocycles. The molecule has 0 aliphatic carbocycles. The molecule has 0 unspecified atom stereocenters. The molecule has 5 nitrogen and oxygen atoms in total. The van der Waals surface area contributed by atoms with E-state index < -0.39 is 12.1 Å². The van der Waals surface area contributed by atoms with Crippen molar-refractivity contribution in [3.8, 4) is 29.8 Å². The van der Waals surface area contributed by atoms with E-state index in [4.69, 9.17) is 40.6 Å². The predicted octanol–water partition coefficient (Wildman–Crippen LogP) is 3.51. The van der Waals surface area contributed by atoms with E-state index in [1.165, 1.54) is 0 Å². The zero-order valence-electron chi connectivity index (χ0n) is 10.9. The lowest BCUT2D eigenvalue weighted by Gasteiger charge is -2.13. The normalized spacial score (nSPS) is 10.9. The fraction of sp³-hybridized carbons (Fsp3) is 0.0769. The summed E-state index contributed by atoms with van der Waals surface area (Å²) in [6.07, 6.45) is 0.343. The first-order valence-corrected chi connectivity index (χ1v) is 6.44. The molecule has 0 aliphatic heterocycles. The third kappa shape index (κ3) is 3.29. The van der Waals surface area contributed by atoms with Gasteiger partial charge in [-0.3, -0.25) is 0 Å². The number of alkyl halides is 3. The lowest BCUT2D eigenvalue weighted by molar-refractivity contribution is -0.274. The van der Waals surface area contributed by atoms with Gasteiger partial charge in [-0.15, -0.1) is 19.6 Å². The van der Waals surface area contributed by atoms with Gasteiger partial charge in [-0.1, -0.05) is 29.1 Å². The highest BCUT2D eigenvalue weighted by molar-refractivity contribution is 6.38. The zero-order chi connectivity index (χ0) is 17.4. The van der Waals surface area contributed by atoms with Gasteiger partial charge in [-0.05, 0) is 0 Å². The first kappa shape index (κ1) is 16.8. The van der Waals surface area contributed by atoms with Gasteiger partial charge < -0.3 is 10.5 Å². The van der Waals surface area contributed by atoms with Crippen molar-refractivity contribution in [1.29, 1.82) is 5.26 Å². The molecule has 0 saturated carbocycles. The van der Waals surface area contributed by atoms with Crippen LogP contribution >= 0.6 is 23.2 Å². The number of nitrogens with zero attached hydrogens (tertiary/aromatic N) is 3. The SMILES string of the molecule is C#Cc1c(C#N)nn(-c2c(Cl)cc(OC(F)(F)F)cc2Cl)c1N. The van der Waals surface area contributed by atoms with E-state index in [-0.39, 0.29) is 32.8 Å².